The maximum Gasteiger partial charge on any atom is 0.211 e. The molecule has 86 valence electrons. The van der Waals surface area contributed by atoms with Gasteiger partial charge in [-0.3, -0.25) is 0 Å². The standard InChI is InChI=1S/C9H21NO3S/c1-4-9(11)5-6-10-14(12,13)7-8(2)3/h8-11H,4-7H2,1-3H3. The fourth-order valence-corrected chi connectivity index (χ4v) is 2.51. The Morgan fingerprint density at radius 2 is 1.93 bits per heavy atom. The third kappa shape index (κ3) is 7.29. The maximum atomic E-state index is 11.3. The molecule has 0 saturated heterocycles. The molecule has 0 bridgehead atoms. The molecule has 0 spiro atoms. The number of rotatable bonds is 7. The van der Waals surface area contributed by atoms with Gasteiger partial charge in [-0.15, -0.1) is 0 Å². The van der Waals surface area contributed by atoms with Crippen molar-refractivity contribution in [2.75, 3.05) is 12.3 Å². The highest BCUT2D eigenvalue weighted by Crippen LogP contribution is 1.99. The average Bonchev–Trinajstić information content (AvgIpc) is 2.01. The van der Waals surface area contributed by atoms with E-state index in [9.17, 15) is 13.5 Å². The molecule has 2 N–H and O–H groups in total. The average molecular weight is 223 g/mol. The number of aliphatic hydroxyl groups is 1. The van der Waals surface area contributed by atoms with Crippen molar-refractivity contribution >= 4 is 10.0 Å². The molecule has 0 heterocycles. The number of nitrogens with one attached hydrogen (secondary N) is 1. The molecule has 0 rings (SSSR count). The second-order valence-electron chi connectivity index (χ2n) is 3.92. The first-order chi connectivity index (χ1) is 6.37. The van der Waals surface area contributed by atoms with Gasteiger partial charge in [0.15, 0.2) is 0 Å². The Balaban J connectivity index is 3.77. The zero-order chi connectivity index (χ0) is 11.2. The van der Waals surface area contributed by atoms with Crippen molar-refractivity contribution in [1.82, 2.24) is 4.72 Å². The van der Waals surface area contributed by atoms with Gasteiger partial charge in [0.2, 0.25) is 10.0 Å². The zero-order valence-corrected chi connectivity index (χ0v) is 9.97. The van der Waals surface area contributed by atoms with Crippen LogP contribution < -0.4 is 4.72 Å². The molecule has 0 aromatic carbocycles. The van der Waals surface area contributed by atoms with Crippen LogP contribution in [-0.4, -0.2) is 31.9 Å². The summed E-state index contributed by atoms with van der Waals surface area (Å²) in [4.78, 5) is 0. The van der Waals surface area contributed by atoms with Crippen LogP contribution in [0.2, 0.25) is 0 Å². The van der Waals surface area contributed by atoms with Crippen molar-refractivity contribution in [1.29, 1.82) is 0 Å². The molecule has 0 radical (unpaired) electrons. The summed E-state index contributed by atoms with van der Waals surface area (Å²) in [7, 11) is -3.15. The SMILES string of the molecule is CCC(O)CCNS(=O)(=O)CC(C)C. The van der Waals surface area contributed by atoms with Gasteiger partial charge in [-0.2, -0.15) is 0 Å². The molecule has 4 nitrogen and oxygen atoms in total. The largest absolute Gasteiger partial charge is 0.393 e. The van der Waals surface area contributed by atoms with Crippen LogP contribution in [0.5, 0.6) is 0 Å². The molecule has 0 aliphatic heterocycles. The van der Waals surface area contributed by atoms with E-state index in [1.165, 1.54) is 0 Å². The van der Waals surface area contributed by atoms with E-state index in [1.54, 1.807) is 0 Å². The lowest BCUT2D eigenvalue weighted by atomic mass is 10.2. The summed E-state index contributed by atoms with van der Waals surface area (Å²) in [5.74, 6) is 0.276. The normalized spacial score (nSPS) is 14.6. The van der Waals surface area contributed by atoms with Crippen molar-refractivity contribution in [2.24, 2.45) is 5.92 Å². The number of hydrogen-bond donors (Lipinski definition) is 2. The predicted octanol–water partition coefficient (Wildman–Crippen LogP) is 0.723. The predicted molar refractivity (Wildman–Crippen MR) is 57.5 cm³/mol. The molecule has 0 aromatic rings. The van der Waals surface area contributed by atoms with E-state index in [2.05, 4.69) is 4.72 Å². The molecule has 14 heavy (non-hydrogen) atoms. The van der Waals surface area contributed by atoms with Gasteiger partial charge in [-0.1, -0.05) is 20.8 Å². The minimum Gasteiger partial charge on any atom is -0.393 e. The Bertz CT molecular complexity index is 236. The van der Waals surface area contributed by atoms with E-state index >= 15 is 0 Å². The summed E-state index contributed by atoms with van der Waals surface area (Å²) < 4.78 is 25.1. The van der Waals surface area contributed by atoms with Crippen molar-refractivity contribution in [3.63, 3.8) is 0 Å². The molecule has 0 aliphatic carbocycles. The van der Waals surface area contributed by atoms with Crippen LogP contribution in [0, 0.1) is 5.92 Å². The van der Waals surface area contributed by atoms with Crippen LogP contribution in [0.1, 0.15) is 33.6 Å². The highest BCUT2D eigenvalue weighted by molar-refractivity contribution is 7.89. The number of sulfonamides is 1. The minimum atomic E-state index is -3.15. The molecule has 0 saturated carbocycles. The Labute approximate surface area is 86.8 Å². The van der Waals surface area contributed by atoms with Crippen molar-refractivity contribution in [2.45, 2.75) is 39.7 Å². The monoisotopic (exact) mass is 223 g/mol. The van der Waals surface area contributed by atoms with E-state index in [1.807, 2.05) is 20.8 Å². The van der Waals surface area contributed by atoms with Crippen LogP contribution in [0.4, 0.5) is 0 Å². The lowest BCUT2D eigenvalue weighted by Gasteiger charge is -2.10. The van der Waals surface area contributed by atoms with Gasteiger partial charge in [0.25, 0.3) is 0 Å². The third-order valence-electron chi connectivity index (χ3n) is 1.82. The fraction of sp³-hybridized carbons (Fsp3) is 1.00. The highest BCUT2D eigenvalue weighted by atomic mass is 32.2. The van der Waals surface area contributed by atoms with E-state index in [0.717, 1.165) is 0 Å². The van der Waals surface area contributed by atoms with Gasteiger partial charge in [0, 0.05) is 6.54 Å². The van der Waals surface area contributed by atoms with Crippen molar-refractivity contribution in [3.05, 3.63) is 0 Å². The van der Waals surface area contributed by atoms with Crippen LogP contribution in [0.25, 0.3) is 0 Å². The van der Waals surface area contributed by atoms with E-state index in [4.69, 9.17) is 0 Å². The second kappa shape index (κ2) is 6.37. The Morgan fingerprint density at radius 3 is 2.36 bits per heavy atom. The molecule has 0 fully saturated rings. The molecule has 5 heteroatoms. The van der Waals surface area contributed by atoms with Crippen molar-refractivity contribution in [3.8, 4) is 0 Å². The summed E-state index contributed by atoms with van der Waals surface area (Å²) in [6.07, 6.45) is 0.733. The molecule has 0 aromatic heterocycles. The topological polar surface area (TPSA) is 66.4 Å². The summed E-state index contributed by atoms with van der Waals surface area (Å²) in [6.45, 7) is 5.91. The number of hydrogen-bond acceptors (Lipinski definition) is 3. The van der Waals surface area contributed by atoms with E-state index in [0.29, 0.717) is 19.4 Å². The Hall–Kier alpha value is -0.130. The lowest BCUT2D eigenvalue weighted by Crippen LogP contribution is -2.30. The van der Waals surface area contributed by atoms with Crippen LogP contribution in [0.3, 0.4) is 0 Å². The van der Waals surface area contributed by atoms with Crippen molar-refractivity contribution < 1.29 is 13.5 Å². The summed E-state index contributed by atoms with van der Waals surface area (Å²) in [6, 6.07) is 0. The van der Waals surface area contributed by atoms with E-state index < -0.39 is 16.1 Å². The first-order valence-electron chi connectivity index (χ1n) is 5.02. The molecular formula is C9H21NO3S. The quantitative estimate of drug-likeness (QED) is 0.668. The minimum absolute atomic E-state index is 0.128. The van der Waals surface area contributed by atoms with E-state index in [-0.39, 0.29) is 11.7 Å². The fourth-order valence-electron chi connectivity index (χ4n) is 1.08. The number of aliphatic hydroxyl groups excluding tert-OH is 1. The van der Waals surface area contributed by atoms with Crippen LogP contribution in [-0.2, 0) is 10.0 Å². The van der Waals surface area contributed by atoms with Gasteiger partial charge in [-0.25, -0.2) is 13.1 Å². The van der Waals surface area contributed by atoms with Gasteiger partial charge in [0.1, 0.15) is 0 Å². The van der Waals surface area contributed by atoms with Gasteiger partial charge in [-0.05, 0) is 18.8 Å². The highest BCUT2D eigenvalue weighted by Gasteiger charge is 2.12. The molecule has 0 amide bonds. The molecular weight excluding hydrogens is 202 g/mol. The zero-order valence-electron chi connectivity index (χ0n) is 9.16. The van der Waals surface area contributed by atoms with Gasteiger partial charge < -0.3 is 5.11 Å². The lowest BCUT2D eigenvalue weighted by molar-refractivity contribution is 0.162. The summed E-state index contributed by atoms with van der Waals surface area (Å²) in [5, 5.41) is 9.20. The summed E-state index contributed by atoms with van der Waals surface area (Å²) in [5.41, 5.74) is 0. The van der Waals surface area contributed by atoms with Gasteiger partial charge in [0.05, 0.1) is 11.9 Å². The molecule has 0 aliphatic rings. The van der Waals surface area contributed by atoms with Crippen LogP contribution >= 0.6 is 0 Å². The molecule has 1 unspecified atom stereocenters. The Kier molecular flexibility index (Phi) is 6.31. The van der Waals surface area contributed by atoms with Crippen LogP contribution in [0.15, 0.2) is 0 Å². The Morgan fingerprint density at radius 1 is 1.36 bits per heavy atom. The van der Waals surface area contributed by atoms with Gasteiger partial charge >= 0.3 is 0 Å². The maximum absolute atomic E-state index is 11.3. The molecule has 1 atom stereocenters. The smallest absolute Gasteiger partial charge is 0.211 e. The first kappa shape index (κ1) is 13.9. The third-order valence-corrected chi connectivity index (χ3v) is 3.57. The summed E-state index contributed by atoms with van der Waals surface area (Å²) >= 11 is 0. The first-order valence-corrected chi connectivity index (χ1v) is 6.68. The second-order valence-corrected chi connectivity index (χ2v) is 5.77.